The number of nitrogens with zero attached hydrogens (tertiary/aromatic N) is 1. The molecule has 6 heteroatoms. The molecule has 0 spiro atoms. The number of nitriles is 1. The van der Waals surface area contributed by atoms with Crippen molar-refractivity contribution >= 4 is 6.09 Å². The topological polar surface area (TPSA) is 88.1 Å². The monoisotopic (exact) mass is 293 g/mol. The van der Waals surface area contributed by atoms with Crippen molar-refractivity contribution in [2.24, 2.45) is 5.73 Å². The summed E-state index contributed by atoms with van der Waals surface area (Å²) in [6.07, 6.45) is -0.538. The molecule has 0 bridgehead atoms. The van der Waals surface area contributed by atoms with E-state index in [0.717, 1.165) is 0 Å². The van der Waals surface area contributed by atoms with E-state index < -0.39 is 17.5 Å². The Hall–Kier alpha value is -2.13. The Morgan fingerprint density at radius 2 is 2.19 bits per heavy atom. The van der Waals surface area contributed by atoms with Gasteiger partial charge in [0.25, 0.3) is 0 Å². The van der Waals surface area contributed by atoms with E-state index in [-0.39, 0.29) is 24.6 Å². The van der Waals surface area contributed by atoms with E-state index in [1.54, 1.807) is 32.9 Å². The molecule has 0 heterocycles. The molecule has 1 unspecified atom stereocenters. The molecule has 0 aromatic heterocycles. The molecule has 0 saturated heterocycles. The number of halogens is 1. The maximum atomic E-state index is 13.3. The Morgan fingerprint density at radius 3 is 2.71 bits per heavy atom. The Labute approximate surface area is 123 Å². The Kier molecular flexibility index (Phi) is 5.68. The largest absolute Gasteiger partial charge is 0.444 e. The molecule has 1 amide bonds. The quantitative estimate of drug-likeness (QED) is 0.891. The maximum absolute atomic E-state index is 13.3. The number of carbonyl (C=O) groups is 1. The van der Waals surface area contributed by atoms with Crippen LogP contribution in [0, 0.1) is 17.1 Å². The fourth-order valence-electron chi connectivity index (χ4n) is 1.74. The first-order chi connectivity index (χ1) is 9.76. The van der Waals surface area contributed by atoms with Crippen LogP contribution >= 0.6 is 0 Å². The zero-order valence-corrected chi connectivity index (χ0v) is 12.4. The van der Waals surface area contributed by atoms with E-state index >= 15 is 0 Å². The number of rotatable bonds is 4. The van der Waals surface area contributed by atoms with E-state index in [1.807, 2.05) is 0 Å². The number of hydrogen-bond donors (Lipinski definition) is 2. The molecule has 5 nitrogen and oxygen atoms in total. The number of amides is 1. The minimum atomic E-state index is -0.577. The van der Waals surface area contributed by atoms with Crippen LogP contribution in [0.3, 0.4) is 0 Å². The second kappa shape index (κ2) is 7.04. The zero-order valence-electron chi connectivity index (χ0n) is 12.4. The van der Waals surface area contributed by atoms with Gasteiger partial charge in [-0.2, -0.15) is 5.26 Å². The Balaban J connectivity index is 2.72. The first-order valence-electron chi connectivity index (χ1n) is 6.63. The van der Waals surface area contributed by atoms with Crippen molar-refractivity contribution in [1.29, 1.82) is 5.26 Å². The van der Waals surface area contributed by atoms with Gasteiger partial charge >= 0.3 is 6.09 Å². The number of hydrogen-bond acceptors (Lipinski definition) is 4. The number of nitrogens with two attached hydrogens (primary N) is 1. The Morgan fingerprint density at radius 1 is 1.52 bits per heavy atom. The van der Waals surface area contributed by atoms with Crippen LogP contribution in [0.1, 0.15) is 37.8 Å². The summed E-state index contributed by atoms with van der Waals surface area (Å²) in [6, 6.07) is 6.02. The molecule has 0 aliphatic carbocycles. The lowest BCUT2D eigenvalue weighted by atomic mass is 9.97. The van der Waals surface area contributed by atoms with Crippen LogP contribution in [-0.2, 0) is 4.74 Å². The van der Waals surface area contributed by atoms with Crippen LogP contribution < -0.4 is 11.1 Å². The van der Waals surface area contributed by atoms with Gasteiger partial charge in [-0.05, 0) is 38.5 Å². The first kappa shape index (κ1) is 16.9. The number of nitrogens with one attached hydrogen (secondary N) is 1. The summed E-state index contributed by atoms with van der Waals surface area (Å²) in [4.78, 5) is 11.6. The fraction of sp³-hybridized carbons (Fsp3) is 0.467. The summed E-state index contributed by atoms with van der Waals surface area (Å²) in [5.41, 5.74) is 5.76. The minimum Gasteiger partial charge on any atom is -0.444 e. The second-order valence-corrected chi connectivity index (χ2v) is 5.67. The van der Waals surface area contributed by atoms with Crippen LogP contribution in [0.15, 0.2) is 18.2 Å². The molecular formula is C15H20FN3O2. The van der Waals surface area contributed by atoms with Gasteiger partial charge in [0.1, 0.15) is 17.5 Å². The van der Waals surface area contributed by atoms with Crippen molar-refractivity contribution in [3.05, 3.63) is 35.1 Å². The van der Waals surface area contributed by atoms with Gasteiger partial charge in [0.2, 0.25) is 0 Å². The van der Waals surface area contributed by atoms with Crippen molar-refractivity contribution in [2.75, 3.05) is 13.1 Å². The predicted molar refractivity (Wildman–Crippen MR) is 77.1 cm³/mol. The highest BCUT2D eigenvalue weighted by molar-refractivity contribution is 5.67. The predicted octanol–water partition coefficient (Wildman–Crippen LogP) is 2.26. The van der Waals surface area contributed by atoms with Crippen molar-refractivity contribution in [1.82, 2.24) is 5.32 Å². The smallest absolute Gasteiger partial charge is 0.407 e. The summed E-state index contributed by atoms with van der Waals surface area (Å²) in [7, 11) is 0. The van der Waals surface area contributed by atoms with Gasteiger partial charge in [-0.3, -0.25) is 0 Å². The molecule has 0 fully saturated rings. The highest BCUT2D eigenvalue weighted by Gasteiger charge is 2.18. The highest BCUT2D eigenvalue weighted by Crippen LogP contribution is 2.18. The highest BCUT2D eigenvalue weighted by atomic mass is 19.1. The molecule has 0 aliphatic rings. The molecule has 3 N–H and O–H groups in total. The lowest BCUT2D eigenvalue weighted by molar-refractivity contribution is 0.0525. The molecule has 0 radical (unpaired) electrons. The normalized spacial score (nSPS) is 12.4. The average Bonchev–Trinajstić information content (AvgIpc) is 2.39. The minimum absolute atomic E-state index is 0.0387. The van der Waals surface area contributed by atoms with Gasteiger partial charge in [-0.1, -0.05) is 6.07 Å². The zero-order chi connectivity index (χ0) is 16.0. The molecule has 0 saturated carbocycles. The molecule has 21 heavy (non-hydrogen) atoms. The van der Waals surface area contributed by atoms with E-state index in [0.29, 0.717) is 5.56 Å². The van der Waals surface area contributed by atoms with Crippen LogP contribution in [-0.4, -0.2) is 24.8 Å². The molecule has 1 aromatic rings. The SMILES string of the molecule is CC(C)(C)OC(=O)NCC(CN)c1ccc(F)c(C#N)c1. The van der Waals surface area contributed by atoms with Crippen molar-refractivity contribution in [2.45, 2.75) is 32.3 Å². The summed E-state index contributed by atoms with van der Waals surface area (Å²) in [5, 5.41) is 11.5. The molecule has 0 aliphatic heterocycles. The van der Waals surface area contributed by atoms with Gasteiger partial charge in [0, 0.05) is 19.0 Å². The first-order valence-corrected chi connectivity index (χ1v) is 6.63. The average molecular weight is 293 g/mol. The lowest BCUT2D eigenvalue weighted by Gasteiger charge is -2.21. The van der Waals surface area contributed by atoms with Crippen LogP contribution in [0.25, 0.3) is 0 Å². The van der Waals surface area contributed by atoms with E-state index in [9.17, 15) is 9.18 Å². The van der Waals surface area contributed by atoms with Gasteiger partial charge in [-0.25, -0.2) is 9.18 Å². The third kappa shape index (κ3) is 5.40. The van der Waals surface area contributed by atoms with Gasteiger partial charge in [0.05, 0.1) is 5.56 Å². The molecule has 1 aromatic carbocycles. The standard InChI is InChI=1S/C15H20FN3O2/c1-15(2,3)21-14(20)19-9-12(8-18)10-4-5-13(16)11(6-10)7-17/h4-6,12H,8-9,18H2,1-3H3,(H,19,20). The summed E-state index contributed by atoms with van der Waals surface area (Å²) < 4.78 is 18.4. The molecule has 1 atom stereocenters. The lowest BCUT2D eigenvalue weighted by Crippen LogP contribution is -2.36. The molecule has 1 rings (SSSR count). The molecule has 114 valence electrons. The third-order valence-corrected chi connectivity index (χ3v) is 2.76. The number of carbonyl (C=O) groups excluding carboxylic acids is 1. The Bertz CT molecular complexity index is 547. The third-order valence-electron chi connectivity index (χ3n) is 2.76. The van der Waals surface area contributed by atoms with Crippen molar-refractivity contribution in [3.63, 3.8) is 0 Å². The van der Waals surface area contributed by atoms with Crippen LogP contribution in [0.5, 0.6) is 0 Å². The van der Waals surface area contributed by atoms with Crippen molar-refractivity contribution in [3.8, 4) is 6.07 Å². The van der Waals surface area contributed by atoms with E-state index in [4.69, 9.17) is 15.7 Å². The summed E-state index contributed by atoms with van der Waals surface area (Å²) in [5.74, 6) is -0.789. The number of alkyl carbamates (subject to hydrolysis) is 1. The van der Waals surface area contributed by atoms with Gasteiger partial charge < -0.3 is 15.8 Å². The van der Waals surface area contributed by atoms with E-state index in [2.05, 4.69) is 5.32 Å². The summed E-state index contributed by atoms with van der Waals surface area (Å²) in [6.45, 7) is 5.82. The fourth-order valence-corrected chi connectivity index (χ4v) is 1.74. The van der Waals surface area contributed by atoms with Gasteiger partial charge in [0.15, 0.2) is 0 Å². The maximum Gasteiger partial charge on any atom is 0.407 e. The number of ether oxygens (including phenoxy) is 1. The van der Waals surface area contributed by atoms with Crippen LogP contribution in [0.2, 0.25) is 0 Å². The second-order valence-electron chi connectivity index (χ2n) is 5.67. The number of benzene rings is 1. The molecular weight excluding hydrogens is 273 g/mol. The van der Waals surface area contributed by atoms with E-state index in [1.165, 1.54) is 12.1 Å². The summed E-state index contributed by atoms with van der Waals surface area (Å²) >= 11 is 0. The van der Waals surface area contributed by atoms with Crippen LogP contribution in [0.4, 0.5) is 9.18 Å². The van der Waals surface area contributed by atoms with Crippen molar-refractivity contribution < 1.29 is 13.9 Å². The van der Waals surface area contributed by atoms with Gasteiger partial charge in [-0.15, -0.1) is 0 Å².